The van der Waals surface area contributed by atoms with Crippen LogP contribution in [0.15, 0.2) is 30.3 Å². The topological polar surface area (TPSA) is 98.9 Å². The molecule has 46 heavy (non-hydrogen) atoms. The standard InChI is InChI=1S/C36H55ClN6O3/c1-5-45-34-22-31-28(21-32(34)41-35(44)15-11-19-43(3)4)36(40-24-39-31,26-13-8-6-7-9-14-26)42-30-17-16-27(20-29(30)37)46-23-33-25(2)12-10-18-38-33/h16-17,20-22,25-26,33,38-40,42H,5-15,18-19,23-24H2,1-4H3,(H,41,44). The number of carbonyl (C=O) groups excluding carboxylic acids is 1. The molecule has 0 radical (unpaired) electrons. The summed E-state index contributed by atoms with van der Waals surface area (Å²) in [6.45, 7) is 7.88. The van der Waals surface area contributed by atoms with E-state index in [9.17, 15) is 4.79 Å². The largest absolute Gasteiger partial charge is 0.492 e. The van der Waals surface area contributed by atoms with Crippen molar-refractivity contribution in [1.29, 1.82) is 0 Å². The molecule has 3 aliphatic rings. The SMILES string of the molecule is CCOc1cc2c(cc1NC(=O)CCCN(C)C)C(Nc1ccc(OCC3NCCCC3C)cc1Cl)(C1CCCCCC1)NCN2. The van der Waals surface area contributed by atoms with Crippen molar-refractivity contribution in [3.63, 3.8) is 0 Å². The molecule has 0 bridgehead atoms. The number of halogens is 1. The first kappa shape index (κ1) is 34.6. The van der Waals surface area contributed by atoms with Gasteiger partial charge in [-0.25, -0.2) is 0 Å². The van der Waals surface area contributed by atoms with Crippen LogP contribution in [0.2, 0.25) is 5.02 Å². The summed E-state index contributed by atoms with van der Waals surface area (Å²) < 4.78 is 12.3. The molecule has 2 heterocycles. The molecule has 3 unspecified atom stereocenters. The first-order valence-corrected chi connectivity index (χ1v) is 17.9. The van der Waals surface area contributed by atoms with E-state index in [1.165, 1.54) is 38.5 Å². The van der Waals surface area contributed by atoms with Gasteiger partial charge in [0.25, 0.3) is 0 Å². The van der Waals surface area contributed by atoms with Crippen LogP contribution < -0.4 is 36.1 Å². The number of nitrogens with zero attached hydrogens (tertiary/aromatic N) is 1. The number of nitrogens with one attached hydrogen (secondary N) is 5. The van der Waals surface area contributed by atoms with Crippen LogP contribution in [0.4, 0.5) is 17.1 Å². The first-order valence-electron chi connectivity index (χ1n) is 17.5. The van der Waals surface area contributed by atoms with Crippen molar-refractivity contribution >= 4 is 34.6 Å². The maximum absolute atomic E-state index is 13.1. The van der Waals surface area contributed by atoms with Crippen molar-refractivity contribution in [2.45, 2.75) is 89.8 Å². The molecule has 3 atom stereocenters. The number of hydrogen-bond donors (Lipinski definition) is 5. The molecule has 1 amide bonds. The maximum Gasteiger partial charge on any atom is 0.224 e. The highest BCUT2D eigenvalue weighted by Gasteiger charge is 2.44. The fourth-order valence-electron chi connectivity index (χ4n) is 7.28. The van der Waals surface area contributed by atoms with Gasteiger partial charge < -0.3 is 35.6 Å². The lowest BCUT2D eigenvalue weighted by atomic mass is 9.78. The molecule has 2 aliphatic heterocycles. The minimum Gasteiger partial charge on any atom is -0.492 e. The highest BCUT2D eigenvalue weighted by Crippen LogP contribution is 2.47. The summed E-state index contributed by atoms with van der Waals surface area (Å²) in [5, 5.41) is 18.7. The molecular weight excluding hydrogens is 600 g/mol. The molecule has 2 fully saturated rings. The smallest absolute Gasteiger partial charge is 0.224 e. The Morgan fingerprint density at radius 3 is 2.57 bits per heavy atom. The Balaban J connectivity index is 1.45. The monoisotopic (exact) mass is 654 g/mol. The van der Waals surface area contributed by atoms with E-state index < -0.39 is 5.66 Å². The summed E-state index contributed by atoms with van der Waals surface area (Å²) in [6, 6.07) is 10.5. The van der Waals surface area contributed by atoms with Crippen LogP contribution >= 0.6 is 11.6 Å². The van der Waals surface area contributed by atoms with Gasteiger partial charge in [0, 0.05) is 35.8 Å². The summed E-state index contributed by atoms with van der Waals surface area (Å²) in [5.74, 6) is 2.34. The molecule has 1 saturated carbocycles. The fourth-order valence-corrected chi connectivity index (χ4v) is 7.50. The molecular formula is C36H55ClN6O3. The number of amides is 1. The number of carbonyl (C=O) groups is 1. The van der Waals surface area contributed by atoms with E-state index >= 15 is 0 Å². The van der Waals surface area contributed by atoms with Crippen LogP contribution in [-0.2, 0) is 10.5 Å². The maximum atomic E-state index is 13.1. The van der Waals surface area contributed by atoms with Gasteiger partial charge in [0.05, 0.1) is 29.7 Å². The predicted octanol–water partition coefficient (Wildman–Crippen LogP) is 6.99. The molecule has 0 spiro atoms. The number of ether oxygens (including phenoxy) is 2. The van der Waals surface area contributed by atoms with Gasteiger partial charge in [-0.2, -0.15) is 0 Å². The zero-order valence-corrected chi connectivity index (χ0v) is 29.0. The normalized spacial score (nSPS) is 23.6. The zero-order valence-electron chi connectivity index (χ0n) is 28.3. The summed E-state index contributed by atoms with van der Waals surface area (Å²) in [5.41, 5.74) is 3.00. The fraction of sp³-hybridized carbons (Fsp3) is 0.639. The van der Waals surface area contributed by atoms with E-state index in [1.807, 2.05) is 45.3 Å². The lowest BCUT2D eigenvalue weighted by Crippen LogP contribution is -2.58. The third kappa shape index (κ3) is 8.59. The molecule has 10 heteroatoms. The van der Waals surface area contributed by atoms with Crippen molar-refractivity contribution < 1.29 is 14.3 Å². The molecule has 2 aromatic rings. The van der Waals surface area contributed by atoms with Gasteiger partial charge in [0.2, 0.25) is 5.91 Å². The average Bonchev–Trinajstić information content (AvgIpc) is 3.33. The van der Waals surface area contributed by atoms with E-state index in [4.69, 9.17) is 21.1 Å². The van der Waals surface area contributed by atoms with Crippen LogP contribution in [0.1, 0.15) is 83.6 Å². The molecule has 5 rings (SSSR count). The molecule has 9 nitrogen and oxygen atoms in total. The summed E-state index contributed by atoms with van der Waals surface area (Å²) >= 11 is 7.01. The van der Waals surface area contributed by atoms with Gasteiger partial charge >= 0.3 is 0 Å². The molecule has 1 saturated heterocycles. The van der Waals surface area contributed by atoms with Crippen molar-refractivity contribution in [2.75, 3.05) is 63.0 Å². The van der Waals surface area contributed by atoms with Crippen molar-refractivity contribution in [1.82, 2.24) is 15.5 Å². The minimum atomic E-state index is -0.604. The van der Waals surface area contributed by atoms with E-state index in [0.29, 0.717) is 60.6 Å². The van der Waals surface area contributed by atoms with E-state index in [-0.39, 0.29) is 5.91 Å². The first-order chi connectivity index (χ1) is 22.3. The average molecular weight is 655 g/mol. The second kappa shape index (κ2) is 16.4. The number of fused-ring (bicyclic) bond motifs is 1. The Bertz CT molecular complexity index is 1300. The van der Waals surface area contributed by atoms with Crippen LogP contribution in [0.3, 0.4) is 0 Å². The summed E-state index contributed by atoms with van der Waals surface area (Å²) in [6.07, 6.45) is 10.7. The van der Waals surface area contributed by atoms with Gasteiger partial charge in [0.15, 0.2) is 0 Å². The van der Waals surface area contributed by atoms with Crippen LogP contribution in [0.5, 0.6) is 11.5 Å². The third-order valence-corrected chi connectivity index (χ3v) is 10.2. The van der Waals surface area contributed by atoms with Crippen LogP contribution in [0.25, 0.3) is 0 Å². The number of hydrogen-bond acceptors (Lipinski definition) is 8. The molecule has 2 aromatic carbocycles. The summed E-state index contributed by atoms with van der Waals surface area (Å²) in [7, 11) is 4.05. The van der Waals surface area contributed by atoms with E-state index in [0.717, 1.165) is 55.0 Å². The van der Waals surface area contributed by atoms with Gasteiger partial charge in [-0.1, -0.05) is 44.2 Å². The number of anilines is 3. The Morgan fingerprint density at radius 2 is 1.85 bits per heavy atom. The van der Waals surface area contributed by atoms with Crippen molar-refractivity contribution in [2.24, 2.45) is 11.8 Å². The molecule has 1 aliphatic carbocycles. The predicted molar refractivity (Wildman–Crippen MR) is 189 cm³/mol. The lowest BCUT2D eigenvalue weighted by molar-refractivity contribution is -0.116. The van der Waals surface area contributed by atoms with E-state index in [1.54, 1.807) is 0 Å². The Kier molecular flexibility index (Phi) is 12.3. The third-order valence-electron chi connectivity index (χ3n) is 9.87. The zero-order chi connectivity index (χ0) is 32.5. The number of rotatable bonds is 13. The van der Waals surface area contributed by atoms with Gasteiger partial charge in [-0.15, -0.1) is 0 Å². The quantitative estimate of drug-likeness (QED) is 0.147. The molecule has 5 N–H and O–H groups in total. The Morgan fingerprint density at radius 1 is 1.04 bits per heavy atom. The van der Waals surface area contributed by atoms with Gasteiger partial charge in [-0.3, -0.25) is 10.1 Å². The Labute approximate surface area is 280 Å². The minimum absolute atomic E-state index is 0.0102. The Hall–Kier alpha value is -2.72. The highest BCUT2D eigenvalue weighted by molar-refractivity contribution is 6.33. The highest BCUT2D eigenvalue weighted by atomic mass is 35.5. The second-order valence-electron chi connectivity index (χ2n) is 13.6. The second-order valence-corrected chi connectivity index (χ2v) is 14.0. The van der Waals surface area contributed by atoms with E-state index in [2.05, 4.69) is 44.5 Å². The molecule has 254 valence electrons. The number of piperidine rings is 1. The van der Waals surface area contributed by atoms with Gasteiger partial charge in [-0.05, 0) is 96.2 Å². The van der Waals surface area contributed by atoms with Crippen molar-refractivity contribution in [3.8, 4) is 11.5 Å². The molecule has 0 aromatic heterocycles. The van der Waals surface area contributed by atoms with Crippen LogP contribution in [0, 0.1) is 11.8 Å². The van der Waals surface area contributed by atoms with Crippen LogP contribution in [-0.4, -0.2) is 63.9 Å². The van der Waals surface area contributed by atoms with Crippen molar-refractivity contribution in [3.05, 3.63) is 40.9 Å². The summed E-state index contributed by atoms with van der Waals surface area (Å²) in [4.78, 5) is 15.2. The number of benzene rings is 2. The lowest BCUT2D eigenvalue weighted by Gasteiger charge is -2.47. The van der Waals surface area contributed by atoms with Gasteiger partial charge in [0.1, 0.15) is 23.8 Å².